The number of hydrogen-bond acceptors (Lipinski definition) is 6. The summed E-state index contributed by atoms with van der Waals surface area (Å²) < 4.78 is 1.79. The number of hydrogen-bond donors (Lipinski definition) is 3. The van der Waals surface area contributed by atoms with Crippen molar-refractivity contribution in [1.82, 2.24) is 30.0 Å². The van der Waals surface area contributed by atoms with Gasteiger partial charge in [-0.2, -0.15) is 5.10 Å². The number of anilines is 2. The molecule has 1 fully saturated rings. The first-order valence-corrected chi connectivity index (χ1v) is 10.4. The number of aromatic amines is 1. The molecule has 0 radical (unpaired) electrons. The lowest BCUT2D eigenvalue weighted by Gasteiger charge is -2.34. The Kier molecular flexibility index (Phi) is 5.36. The summed E-state index contributed by atoms with van der Waals surface area (Å²) in [6.45, 7) is 8.25. The highest BCUT2D eigenvalue weighted by molar-refractivity contribution is 5.87. The number of fused-ring (bicyclic) bond motifs is 1. The molecule has 1 saturated heterocycles. The molecule has 0 aromatic carbocycles. The third kappa shape index (κ3) is 4.24. The molecule has 0 saturated carbocycles. The highest BCUT2D eigenvalue weighted by Gasteiger charge is 2.24. The molecule has 3 aromatic heterocycles. The number of nitrogens with one attached hydrogen (secondary N) is 3. The van der Waals surface area contributed by atoms with Crippen LogP contribution in [-0.4, -0.2) is 56.3 Å². The summed E-state index contributed by atoms with van der Waals surface area (Å²) in [6.07, 6.45) is 5.43. The second-order valence-corrected chi connectivity index (χ2v) is 8.93. The number of amides is 1. The molecule has 9 nitrogen and oxygen atoms in total. The van der Waals surface area contributed by atoms with E-state index in [9.17, 15) is 4.79 Å². The van der Waals surface area contributed by atoms with Gasteiger partial charge < -0.3 is 20.5 Å². The summed E-state index contributed by atoms with van der Waals surface area (Å²) in [5, 5.41) is 11.9. The minimum absolute atomic E-state index is 0.0187. The predicted octanol–water partition coefficient (Wildman–Crippen LogP) is 2.19. The van der Waals surface area contributed by atoms with E-state index in [-0.39, 0.29) is 23.9 Å². The van der Waals surface area contributed by atoms with Crippen molar-refractivity contribution in [3.63, 3.8) is 0 Å². The molecule has 0 spiro atoms. The zero-order valence-corrected chi connectivity index (χ0v) is 18.1. The first-order chi connectivity index (χ1) is 14.3. The first kappa shape index (κ1) is 20.2. The van der Waals surface area contributed by atoms with Crippen LogP contribution in [0.4, 0.5) is 11.6 Å². The fourth-order valence-electron chi connectivity index (χ4n) is 3.85. The third-order valence-electron chi connectivity index (χ3n) is 5.50. The average molecular weight is 411 g/mol. The molecule has 160 valence electrons. The normalized spacial score (nSPS) is 17.3. The fourth-order valence-corrected chi connectivity index (χ4v) is 3.85. The Morgan fingerprint density at radius 2 is 2.17 bits per heavy atom. The van der Waals surface area contributed by atoms with E-state index in [1.54, 1.807) is 11.0 Å². The molecule has 1 atom stereocenters. The molecule has 1 amide bonds. The number of aryl methyl sites for hydroxylation is 1. The van der Waals surface area contributed by atoms with Gasteiger partial charge in [0.05, 0.1) is 17.6 Å². The van der Waals surface area contributed by atoms with Crippen LogP contribution in [0.15, 0.2) is 24.7 Å². The van der Waals surface area contributed by atoms with Gasteiger partial charge in [-0.3, -0.25) is 9.48 Å². The van der Waals surface area contributed by atoms with Crippen molar-refractivity contribution in [2.75, 3.05) is 29.9 Å². The van der Waals surface area contributed by atoms with Crippen molar-refractivity contribution < 1.29 is 4.79 Å². The number of piperidine rings is 1. The van der Waals surface area contributed by atoms with Gasteiger partial charge in [-0.05, 0) is 18.9 Å². The summed E-state index contributed by atoms with van der Waals surface area (Å²) in [7, 11) is 1.89. The van der Waals surface area contributed by atoms with Crippen LogP contribution in [0.1, 0.15) is 39.3 Å². The van der Waals surface area contributed by atoms with Gasteiger partial charge in [0, 0.05) is 43.9 Å². The average Bonchev–Trinajstić information content (AvgIpc) is 3.32. The first-order valence-electron chi connectivity index (χ1n) is 10.4. The van der Waals surface area contributed by atoms with Gasteiger partial charge in [-0.25, -0.2) is 9.97 Å². The molecule has 3 aromatic rings. The lowest BCUT2D eigenvalue weighted by Crippen LogP contribution is -2.49. The number of nitrogens with zero attached hydrogens (tertiary/aromatic N) is 5. The molecule has 4 rings (SSSR count). The maximum Gasteiger partial charge on any atom is 0.239 e. The van der Waals surface area contributed by atoms with E-state index in [0.717, 1.165) is 54.3 Å². The highest BCUT2D eigenvalue weighted by Crippen LogP contribution is 2.25. The van der Waals surface area contributed by atoms with Crippen LogP contribution in [0.25, 0.3) is 11.0 Å². The minimum Gasteiger partial charge on any atom is -0.361 e. The van der Waals surface area contributed by atoms with Gasteiger partial charge in [0.2, 0.25) is 5.91 Å². The Morgan fingerprint density at radius 3 is 2.93 bits per heavy atom. The Hall–Kier alpha value is -3.10. The molecule has 1 aliphatic rings. The van der Waals surface area contributed by atoms with Crippen LogP contribution >= 0.6 is 0 Å². The quantitative estimate of drug-likeness (QED) is 0.596. The molecule has 9 heteroatoms. The van der Waals surface area contributed by atoms with Crippen LogP contribution < -0.4 is 15.5 Å². The van der Waals surface area contributed by atoms with Crippen molar-refractivity contribution in [1.29, 1.82) is 0 Å². The van der Waals surface area contributed by atoms with E-state index in [2.05, 4.69) is 56.4 Å². The Labute approximate surface area is 176 Å². The van der Waals surface area contributed by atoms with E-state index in [4.69, 9.17) is 0 Å². The third-order valence-corrected chi connectivity index (χ3v) is 5.50. The van der Waals surface area contributed by atoms with Crippen molar-refractivity contribution in [2.45, 2.75) is 45.1 Å². The molecule has 0 bridgehead atoms. The van der Waals surface area contributed by atoms with Gasteiger partial charge in [-0.1, -0.05) is 20.8 Å². The van der Waals surface area contributed by atoms with Gasteiger partial charge in [0.15, 0.2) is 0 Å². The van der Waals surface area contributed by atoms with Crippen molar-refractivity contribution in [3.8, 4) is 0 Å². The van der Waals surface area contributed by atoms with E-state index in [1.165, 1.54) is 0 Å². The number of H-pyrrole nitrogens is 1. The largest absolute Gasteiger partial charge is 0.361 e. The highest BCUT2D eigenvalue weighted by atomic mass is 16.2. The lowest BCUT2D eigenvalue weighted by molar-refractivity contribution is -0.120. The predicted molar refractivity (Wildman–Crippen MR) is 118 cm³/mol. The Morgan fingerprint density at radius 1 is 1.33 bits per heavy atom. The fraction of sp³-hybridized carbons (Fsp3) is 0.524. The summed E-state index contributed by atoms with van der Waals surface area (Å²) >= 11 is 0. The summed E-state index contributed by atoms with van der Waals surface area (Å²) in [6, 6.07) is 4.09. The smallest absolute Gasteiger partial charge is 0.239 e. The Balaban J connectivity index is 1.35. The number of carbonyl (C=O) groups excluding carboxylic acids is 1. The van der Waals surface area contributed by atoms with Crippen LogP contribution in [-0.2, 0) is 17.3 Å². The maximum atomic E-state index is 12.6. The van der Waals surface area contributed by atoms with Gasteiger partial charge in [-0.15, -0.1) is 0 Å². The van der Waals surface area contributed by atoms with Gasteiger partial charge >= 0.3 is 0 Å². The molecule has 1 aliphatic heterocycles. The zero-order valence-electron chi connectivity index (χ0n) is 18.1. The summed E-state index contributed by atoms with van der Waals surface area (Å²) in [5.74, 6) is 1.74. The minimum atomic E-state index is -0.0304. The summed E-state index contributed by atoms with van der Waals surface area (Å²) in [5.41, 5.74) is 1.80. The van der Waals surface area contributed by atoms with Crippen LogP contribution in [0.3, 0.4) is 0 Å². The van der Waals surface area contributed by atoms with E-state index >= 15 is 0 Å². The maximum absolute atomic E-state index is 12.6. The van der Waals surface area contributed by atoms with Gasteiger partial charge in [0.25, 0.3) is 0 Å². The molecule has 1 unspecified atom stereocenters. The van der Waals surface area contributed by atoms with E-state index in [1.807, 2.05) is 25.4 Å². The Bertz CT molecular complexity index is 1030. The summed E-state index contributed by atoms with van der Waals surface area (Å²) in [4.78, 5) is 26.7. The van der Waals surface area contributed by atoms with E-state index in [0.29, 0.717) is 0 Å². The zero-order chi connectivity index (χ0) is 21.3. The number of carbonyl (C=O) groups is 1. The molecule has 30 heavy (non-hydrogen) atoms. The van der Waals surface area contributed by atoms with Gasteiger partial charge in [0.1, 0.15) is 23.6 Å². The van der Waals surface area contributed by atoms with Crippen molar-refractivity contribution >= 4 is 28.6 Å². The van der Waals surface area contributed by atoms with Crippen molar-refractivity contribution in [3.05, 3.63) is 30.4 Å². The second kappa shape index (κ2) is 7.97. The lowest BCUT2D eigenvalue weighted by atomic mass is 9.92. The van der Waals surface area contributed by atoms with Crippen LogP contribution in [0.5, 0.6) is 0 Å². The number of aromatic nitrogens is 5. The standard InChI is InChI=1S/C21H30N8O/c1-21(2,3)16-10-17(28(4)27-16)23-11-18(30)26-14-6-5-9-29(12-14)20-15-7-8-22-19(15)24-13-25-20/h7-8,10,13-14,23H,5-6,9,11-12H2,1-4H3,(H,26,30)(H,22,24,25). The van der Waals surface area contributed by atoms with Crippen molar-refractivity contribution in [2.24, 2.45) is 7.05 Å². The molecule has 3 N–H and O–H groups in total. The SMILES string of the molecule is Cn1nc(C(C)(C)C)cc1NCC(=O)NC1CCCN(c2ncnc3[nH]ccc23)C1. The van der Waals surface area contributed by atoms with Crippen LogP contribution in [0, 0.1) is 0 Å². The monoisotopic (exact) mass is 410 g/mol. The molecule has 4 heterocycles. The topological polar surface area (TPSA) is 104 Å². The second-order valence-electron chi connectivity index (χ2n) is 8.93. The number of rotatable bonds is 5. The molecule has 0 aliphatic carbocycles. The van der Waals surface area contributed by atoms with E-state index < -0.39 is 0 Å². The van der Waals surface area contributed by atoms with Crippen LogP contribution in [0.2, 0.25) is 0 Å². The molecular formula is C21H30N8O. The molecular weight excluding hydrogens is 380 g/mol.